The molecule has 1 aromatic rings. The van der Waals surface area contributed by atoms with Crippen LogP contribution in [0.1, 0.15) is 18.6 Å². The second kappa shape index (κ2) is 15.9. The maximum atomic E-state index is 5.77. The lowest BCUT2D eigenvalue weighted by Gasteiger charge is -2.26. The maximum Gasteiger partial charge on any atom is 0.191 e. The van der Waals surface area contributed by atoms with Crippen molar-refractivity contribution in [2.45, 2.75) is 19.3 Å². The molecule has 9 heteroatoms. The van der Waals surface area contributed by atoms with E-state index in [0.29, 0.717) is 5.92 Å². The number of morpholine rings is 1. The van der Waals surface area contributed by atoms with Crippen molar-refractivity contribution in [3.8, 4) is 0 Å². The molecule has 2 aliphatic heterocycles. The van der Waals surface area contributed by atoms with Gasteiger partial charge < -0.3 is 29.3 Å². The second-order valence-electron chi connectivity index (χ2n) is 7.53. The summed E-state index contributed by atoms with van der Waals surface area (Å²) in [7, 11) is 0. The number of rotatable bonds is 12. The zero-order valence-electron chi connectivity index (χ0n) is 17.9. The van der Waals surface area contributed by atoms with E-state index < -0.39 is 0 Å². The molecule has 1 aromatic heterocycles. The van der Waals surface area contributed by atoms with Gasteiger partial charge in [-0.25, -0.2) is 0 Å². The molecule has 1 atom stereocenters. The van der Waals surface area contributed by atoms with Crippen LogP contribution in [-0.2, 0) is 20.6 Å². The van der Waals surface area contributed by atoms with Crippen LogP contribution in [0.15, 0.2) is 27.8 Å². The first kappa shape index (κ1) is 25.4. The Hall–Kier alpha value is -0.880. The minimum absolute atomic E-state index is 0. The van der Waals surface area contributed by atoms with Crippen LogP contribution in [0.3, 0.4) is 0 Å². The molecule has 2 saturated heterocycles. The van der Waals surface area contributed by atoms with Crippen LogP contribution < -0.4 is 10.6 Å². The van der Waals surface area contributed by atoms with Gasteiger partial charge in [-0.05, 0) is 25.0 Å². The van der Waals surface area contributed by atoms with E-state index in [1.54, 1.807) is 6.26 Å². The fourth-order valence-electron chi connectivity index (χ4n) is 3.41. The van der Waals surface area contributed by atoms with Crippen LogP contribution in [0.5, 0.6) is 0 Å². The first-order chi connectivity index (χ1) is 14.4. The number of halogens is 1. The van der Waals surface area contributed by atoms with Crippen molar-refractivity contribution in [2.75, 3.05) is 78.9 Å². The fraction of sp³-hybridized carbons (Fsp3) is 0.762. The van der Waals surface area contributed by atoms with Crippen molar-refractivity contribution in [3.63, 3.8) is 0 Å². The minimum Gasteiger partial charge on any atom is -0.469 e. The van der Waals surface area contributed by atoms with Crippen molar-refractivity contribution in [1.82, 2.24) is 15.5 Å². The summed E-state index contributed by atoms with van der Waals surface area (Å²) in [6.07, 6.45) is 4.59. The second-order valence-corrected chi connectivity index (χ2v) is 7.53. The fourth-order valence-corrected chi connectivity index (χ4v) is 3.41. The molecule has 1 unspecified atom stereocenters. The van der Waals surface area contributed by atoms with Crippen LogP contribution in [0.4, 0.5) is 0 Å². The van der Waals surface area contributed by atoms with Crippen molar-refractivity contribution >= 4 is 29.9 Å². The highest BCUT2D eigenvalue weighted by atomic mass is 127. The molecule has 0 saturated carbocycles. The van der Waals surface area contributed by atoms with Gasteiger partial charge in [-0.2, -0.15) is 0 Å². The van der Waals surface area contributed by atoms with Crippen LogP contribution in [0, 0.1) is 5.92 Å². The van der Waals surface area contributed by atoms with E-state index in [0.717, 1.165) is 110 Å². The van der Waals surface area contributed by atoms with Gasteiger partial charge in [0.1, 0.15) is 5.76 Å². The van der Waals surface area contributed by atoms with E-state index in [2.05, 4.69) is 15.5 Å². The summed E-state index contributed by atoms with van der Waals surface area (Å²) in [5.41, 5.74) is 0. The molecule has 30 heavy (non-hydrogen) atoms. The largest absolute Gasteiger partial charge is 0.469 e. The molecular formula is C21H37IN4O4. The molecule has 0 spiro atoms. The lowest BCUT2D eigenvalue weighted by atomic mass is 10.1. The van der Waals surface area contributed by atoms with Crippen LogP contribution >= 0.6 is 24.0 Å². The summed E-state index contributed by atoms with van der Waals surface area (Å²) in [5.74, 6) is 2.41. The molecule has 0 radical (unpaired) electrons. The number of guanidine groups is 1. The smallest absolute Gasteiger partial charge is 0.191 e. The SMILES string of the molecule is I.c1coc(CCNC(=NCCCOCC2CCOC2)NCCN2CCOCC2)c1. The third kappa shape index (κ3) is 10.4. The summed E-state index contributed by atoms with van der Waals surface area (Å²) in [6.45, 7) is 10.3. The standard InChI is InChI=1S/C21H36N4O4.HI/c1-3-20(29-13-1)4-7-23-21(24-8-9-25-10-15-26-16-11-25)22-6-2-12-27-17-19-5-14-28-18-19;/h1,3,13,19H,2,4-12,14-18H2,(H2,22,23,24);1H. The number of ether oxygens (including phenoxy) is 3. The number of aliphatic imine (C=N–C) groups is 1. The summed E-state index contributed by atoms with van der Waals surface area (Å²) in [5, 5.41) is 6.86. The van der Waals surface area contributed by atoms with Gasteiger partial charge >= 0.3 is 0 Å². The Balaban J connectivity index is 0.00000320. The van der Waals surface area contributed by atoms with Gasteiger partial charge in [0, 0.05) is 64.8 Å². The third-order valence-corrected chi connectivity index (χ3v) is 5.16. The maximum absolute atomic E-state index is 5.77. The number of hydrogen-bond donors (Lipinski definition) is 2. The molecule has 8 nitrogen and oxygen atoms in total. The third-order valence-electron chi connectivity index (χ3n) is 5.16. The van der Waals surface area contributed by atoms with Crippen LogP contribution in [0.25, 0.3) is 0 Å². The number of furan rings is 1. The Morgan fingerprint density at radius 3 is 2.80 bits per heavy atom. The Morgan fingerprint density at radius 2 is 2.03 bits per heavy atom. The molecule has 172 valence electrons. The van der Waals surface area contributed by atoms with Gasteiger partial charge in [0.2, 0.25) is 0 Å². The first-order valence-electron chi connectivity index (χ1n) is 10.9. The Bertz CT molecular complexity index is 561. The van der Waals surface area contributed by atoms with E-state index >= 15 is 0 Å². The molecule has 3 rings (SSSR count). The number of nitrogens with zero attached hydrogens (tertiary/aromatic N) is 2. The van der Waals surface area contributed by atoms with E-state index in [9.17, 15) is 0 Å². The number of hydrogen-bond acceptors (Lipinski definition) is 6. The van der Waals surface area contributed by atoms with Gasteiger partial charge in [0.05, 0.1) is 32.7 Å². The Kier molecular flexibility index (Phi) is 13.4. The highest BCUT2D eigenvalue weighted by molar-refractivity contribution is 14.0. The lowest BCUT2D eigenvalue weighted by Crippen LogP contribution is -2.44. The highest BCUT2D eigenvalue weighted by Gasteiger charge is 2.15. The average Bonchev–Trinajstić information content (AvgIpc) is 3.45. The van der Waals surface area contributed by atoms with Gasteiger partial charge in [-0.15, -0.1) is 24.0 Å². The van der Waals surface area contributed by atoms with Crippen molar-refractivity contribution in [2.24, 2.45) is 10.9 Å². The predicted octanol–water partition coefficient (Wildman–Crippen LogP) is 1.75. The summed E-state index contributed by atoms with van der Waals surface area (Å²) < 4.78 is 22.0. The minimum atomic E-state index is 0. The average molecular weight is 536 g/mol. The number of nitrogens with one attached hydrogen (secondary N) is 2. The van der Waals surface area contributed by atoms with E-state index in [-0.39, 0.29) is 24.0 Å². The molecule has 0 aliphatic carbocycles. The molecule has 2 fully saturated rings. The van der Waals surface area contributed by atoms with E-state index in [1.807, 2.05) is 12.1 Å². The Labute approximate surface area is 197 Å². The van der Waals surface area contributed by atoms with Crippen molar-refractivity contribution < 1.29 is 18.6 Å². The topological polar surface area (TPSA) is 80.5 Å². The first-order valence-corrected chi connectivity index (χ1v) is 10.9. The molecule has 3 heterocycles. The lowest BCUT2D eigenvalue weighted by molar-refractivity contribution is 0.0389. The quantitative estimate of drug-likeness (QED) is 0.182. The summed E-state index contributed by atoms with van der Waals surface area (Å²) in [4.78, 5) is 7.12. The van der Waals surface area contributed by atoms with Crippen molar-refractivity contribution in [3.05, 3.63) is 24.2 Å². The molecular weight excluding hydrogens is 499 g/mol. The normalized spacial score (nSPS) is 20.1. The van der Waals surface area contributed by atoms with Crippen LogP contribution in [-0.4, -0.2) is 89.8 Å². The monoisotopic (exact) mass is 536 g/mol. The summed E-state index contributed by atoms with van der Waals surface area (Å²) >= 11 is 0. The molecule has 2 aliphatic rings. The van der Waals surface area contributed by atoms with Gasteiger partial charge in [0.25, 0.3) is 0 Å². The summed E-state index contributed by atoms with van der Waals surface area (Å²) in [6, 6.07) is 3.92. The highest BCUT2D eigenvalue weighted by Crippen LogP contribution is 2.12. The van der Waals surface area contributed by atoms with Gasteiger partial charge in [-0.3, -0.25) is 9.89 Å². The molecule has 2 N–H and O–H groups in total. The Morgan fingerprint density at radius 1 is 1.17 bits per heavy atom. The van der Waals surface area contributed by atoms with E-state index in [4.69, 9.17) is 23.6 Å². The zero-order chi connectivity index (χ0) is 20.0. The molecule has 0 bridgehead atoms. The molecule has 0 amide bonds. The van der Waals surface area contributed by atoms with Crippen molar-refractivity contribution in [1.29, 1.82) is 0 Å². The van der Waals surface area contributed by atoms with Gasteiger partial charge in [-0.1, -0.05) is 0 Å². The van der Waals surface area contributed by atoms with E-state index in [1.165, 1.54) is 0 Å². The van der Waals surface area contributed by atoms with Gasteiger partial charge in [0.15, 0.2) is 5.96 Å². The molecule has 0 aromatic carbocycles. The predicted molar refractivity (Wildman–Crippen MR) is 128 cm³/mol. The van der Waals surface area contributed by atoms with Crippen LogP contribution in [0.2, 0.25) is 0 Å². The zero-order valence-corrected chi connectivity index (χ0v) is 20.2.